The van der Waals surface area contributed by atoms with Crippen LogP contribution in [-0.4, -0.2) is 35.1 Å². The number of hydrogen-bond donors (Lipinski definition) is 1. The highest BCUT2D eigenvalue weighted by atomic mass is 16.5. The first-order chi connectivity index (χ1) is 13.4. The summed E-state index contributed by atoms with van der Waals surface area (Å²) in [5.41, 5.74) is 4.46. The lowest BCUT2D eigenvalue weighted by molar-refractivity contribution is -0.121. The largest absolute Gasteiger partial charge is 0.361 e. The smallest absolute Gasteiger partial charge is 0.224 e. The van der Waals surface area contributed by atoms with Gasteiger partial charge in [-0.2, -0.15) is 0 Å². The van der Waals surface area contributed by atoms with E-state index >= 15 is 0 Å². The molecular formula is C23H33N3O2. The number of rotatable bonds is 7. The number of nitrogens with one attached hydrogen (secondary N) is 1. The van der Waals surface area contributed by atoms with E-state index in [1.807, 2.05) is 13.8 Å². The lowest BCUT2D eigenvalue weighted by Gasteiger charge is -2.33. The summed E-state index contributed by atoms with van der Waals surface area (Å²) in [5.74, 6) is 1.47. The van der Waals surface area contributed by atoms with Crippen LogP contribution in [0.15, 0.2) is 28.8 Å². The molecule has 1 aromatic carbocycles. The molecule has 0 radical (unpaired) electrons. The average Bonchev–Trinajstić information content (AvgIpc) is 2.95. The molecule has 1 amide bonds. The van der Waals surface area contributed by atoms with E-state index in [4.69, 9.17) is 4.52 Å². The molecule has 1 atom stereocenters. The van der Waals surface area contributed by atoms with Crippen molar-refractivity contribution in [2.45, 2.75) is 66.0 Å². The third kappa shape index (κ3) is 5.68. The Morgan fingerprint density at radius 1 is 1.25 bits per heavy atom. The Morgan fingerprint density at radius 3 is 2.61 bits per heavy atom. The summed E-state index contributed by atoms with van der Waals surface area (Å²) in [6.45, 7) is 11.2. The van der Waals surface area contributed by atoms with Gasteiger partial charge < -0.3 is 9.84 Å². The molecule has 5 heteroatoms. The number of hydrogen-bond acceptors (Lipinski definition) is 4. The van der Waals surface area contributed by atoms with Crippen molar-refractivity contribution < 1.29 is 9.32 Å². The van der Waals surface area contributed by atoms with Crippen molar-refractivity contribution in [3.63, 3.8) is 0 Å². The van der Waals surface area contributed by atoms with Gasteiger partial charge in [0.15, 0.2) is 0 Å². The van der Waals surface area contributed by atoms with Gasteiger partial charge in [-0.3, -0.25) is 9.69 Å². The molecule has 0 spiro atoms. The van der Waals surface area contributed by atoms with Crippen molar-refractivity contribution in [2.24, 2.45) is 5.92 Å². The molecule has 28 heavy (non-hydrogen) atoms. The van der Waals surface area contributed by atoms with Gasteiger partial charge in [0.1, 0.15) is 5.76 Å². The summed E-state index contributed by atoms with van der Waals surface area (Å²) >= 11 is 0. The fourth-order valence-electron chi connectivity index (χ4n) is 4.02. The molecule has 1 fully saturated rings. The molecule has 0 unspecified atom stereocenters. The van der Waals surface area contributed by atoms with Crippen LogP contribution in [0.25, 0.3) is 0 Å². The van der Waals surface area contributed by atoms with Crippen molar-refractivity contribution >= 4 is 5.91 Å². The van der Waals surface area contributed by atoms with Crippen molar-refractivity contribution in [1.82, 2.24) is 15.4 Å². The maximum atomic E-state index is 12.5. The van der Waals surface area contributed by atoms with Gasteiger partial charge in [-0.25, -0.2) is 0 Å². The molecule has 0 bridgehead atoms. The Kier molecular flexibility index (Phi) is 6.89. The fourth-order valence-corrected chi connectivity index (χ4v) is 4.02. The van der Waals surface area contributed by atoms with Gasteiger partial charge in [-0.1, -0.05) is 43.3 Å². The minimum Gasteiger partial charge on any atom is -0.361 e. The fraction of sp³-hybridized carbons (Fsp3) is 0.565. The van der Waals surface area contributed by atoms with Crippen LogP contribution in [0, 0.1) is 19.8 Å². The van der Waals surface area contributed by atoms with Crippen LogP contribution in [0.4, 0.5) is 0 Å². The van der Waals surface area contributed by atoms with Crippen molar-refractivity contribution in [1.29, 1.82) is 0 Å². The third-order valence-electron chi connectivity index (χ3n) is 5.46. The molecule has 2 heterocycles. The topological polar surface area (TPSA) is 58.4 Å². The number of nitrogens with zero attached hydrogens (tertiary/aromatic N) is 2. The number of aromatic nitrogens is 1. The summed E-state index contributed by atoms with van der Waals surface area (Å²) in [6.07, 6.45) is 3.62. The van der Waals surface area contributed by atoms with Crippen LogP contribution in [0.5, 0.6) is 0 Å². The van der Waals surface area contributed by atoms with Gasteiger partial charge in [-0.15, -0.1) is 0 Å². The summed E-state index contributed by atoms with van der Waals surface area (Å²) in [7, 11) is 0. The van der Waals surface area contributed by atoms with E-state index in [1.165, 1.54) is 11.1 Å². The van der Waals surface area contributed by atoms with Crippen LogP contribution >= 0.6 is 0 Å². The molecule has 1 aliphatic rings. The summed E-state index contributed by atoms with van der Waals surface area (Å²) < 4.78 is 5.16. The van der Waals surface area contributed by atoms with E-state index in [0.717, 1.165) is 55.9 Å². The standard InChI is InChI=1S/C23H33N3O2/c1-16(2)12-19-7-9-20(10-8-19)14-26-11-5-6-21(15-26)24-23(27)13-22-17(3)25-28-18(22)4/h7-10,16,21H,5-6,11-15H2,1-4H3,(H,24,27)/t21-/m1/s1. The van der Waals surface area contributed by atoms with E-state index in [-0.39, 0.29) is 11.9 Å². The van der Waals surface area contributed by atoms with E-state index < -0.39 is 0 Å². The molecule has 5 nitrogen and oxygen atoms in total. The molecule has 3 rings (SSSR count). The molecule has 1 aromatic heterocycles. The molecule has 0 saturated carbocycles. The number of aryl methyl sites for hydroxylation is 2. The normalized spacial score (nSPS) is 17.8. The highest BCUT2D eigenvalue weighted by Gasteiger charge is 2.22. The van der Waals surface area contributed by atoms with Gasteiger partial charge >= 0.3 is 0 Å². The van der Waals surface area contributed by atoms with Gasteiger partial charge in [0.25, 0.3) is 0 Å². The maximum absolute atomic E-state index is 12.5. The predicted octanol–water partition coefficient (Wildman–Crippen LogP) is 3.81. The lowest BCUT2D eigenvalue weighted by Crippen LogP contribution is -2.47. The second kappa shape index (κ2) is 9.37. The molecule has 0 aliphatic carbocycles. The molecule has 2 aromatic rings. The number of benzene rings is 1. The van der Waals surface area contributed by atoms with Gasteiger partial charge in [0.05, 0.1) is 12.1 Å². The van der Waals surface area contributed by atoms with Crippen molar-refractivity contribution in [3.8, 4) is 0 Å². The second-order valence-electron chi connectivity index (χ2n) is 8.54. The molecule has 1 N–H and O–H groups in total. The number of carbonyl (C=O) groups is 1. The minimum atomic E-state index is 0.0549. The zero-order valence-electron chi connectivity index (χ0n) is 17.6. The van der Waals surface area contributed by atoms with Crippen LogP contribution in [-0.2, 0) is 24.2 Å². The zero-order valence-corrected chi connectivity index (χ0v) is 17.6. The summed E-state index contributed by atoms with van der Waals surface area (Å²) in [5, 5.41) is 7.14. The Bertz CT molecular complexity index is 760. The summed E-state index contributed by atoms with van der Waals surface area (Å²) in [6, 6.07) is 9.21. The highest BCUT2D eigenvalue weighted by Crippen LogP contribution is 2.17. The molecular weight excluding hydrogens is 350 g/mol. The SMILES string of the molecule is Cc1noc(C)c1CC(=O)N[C@@H]1CCCN(Cc2ccc(CC(C)C)cc2)C1. The first-order valence-electron chi connectivity index (χ1n) is 10.4. The Balaban J connectivity index is 1.50. The third-order valence-corrected chi connectivity index (χ3v) is 5.46. The monoisotopic (exact) mass is 383 g/mol. The van der Waals surface area contributed by atoms with Crippen molar-refractivity contribution in [2.75, 3.05) is 13.1 Å². The number of likely N-dealkylation sites (tertiary alicyclic amines) is 1. The first-order valence-corrected chi connectivity index (χ1v) is 10.4. The van der Waals surface area contributed by atoms with E-state index in [2.05, 4.69) is 53.5 Å². The van der Waals surface area contributed by atoms with Crippen LogP contribution < -0.4 is 5.32 Å². The zero-order chi connectivity index (χ0) is 20.1. The lowest BCUT2D eigenvalue weighted by atomic mass is 10.0. The average molecular weight is 384 g/mol. The Hall–Kier alpha value is -2.14. The van der Waals surface area contributed by atoms with Crippen LogP contribution in [0.1, 0.15) is 54.8 Å². The first kappa shape index (κ1) is 20.6. The predicted molar refractivity (Wildman–Crippen MR) is 111 cm³/mol. The Morgan fingerprint density at radius 2 is 1.96 bits per heavy atom. The van der Waals surface area contributed by atoms with Crippen LogP contribution in [0.2, 0.25) is 0 Å². The Labute approximate surface area is 168 Å². The minimum absolute atomic E-state index is 0.0549. The van der Waals surface area contributed by atoms with Gasteiger partial charge in [0.2, 0.25) is 5.91 Å². The number of amides is 1. The molecule has 1 saturated heterocycles. The molecule has 1 aliphatic heterocycles. The van der Waals surface area contributed by atoms with E-state index in [1.54, 1.807) is 0 Å². The second-order valence-corrected chi connectivity index (χ2v) is 8.54. The van der Waals surface area contributed by atoms with E-state index in [0.29, 0.717) is 12.3 Å². The highest BCUT2D eigenvalue weighted by molar-refractivity contribution is 5.79. The van der Waals surface area contributed by atoms with Gasteiger partial charge in [0, 0.05) is 24.7 Å². The maximum Gasteiger partial charge on any atom is 0.224 e. The van der Waals surface area contributed by atoms with Gasteiger partial charge in [-0.05, 0) is 56.7 Å². The van der Waals surface area contributed by atoms with E-state index in [9.17, 15) is 4.79 Å². The molecule has 152 valence electrons. The summed E-state index contributed by atoms with van der Waals surface area (Å²) in [4.78, 5) is 14.9. The number of carbonyl (C=O) groups excluding carboxylic acids is 1. The van der Waals surface area contributed by atoms with Crippen molar-refractivity contribution in [3.05, 3.63) is 52.4 Å². The quantitative estimate of drug-likeness (QED) is 0.790. The van der Waals surface area contributed by atoms with Crippen LogP contribution in [0.3, 0.4) is 0 Å². The number of piperidine rings is 1.